The predicted octanol–water partition coefficient (Wildman–Crippen LogP) is 2.94. The lowest BCUT2D eigenvalue weighted by molar-refractivity contribution is -0.118. The van der Waals surface area contributed by atoms with E-state index in [-0.39, 0.29) is 30.0 Å². The molecule has 2 aromatic heterocycles. The summed E-state index contributed by atoms with van der Waals surface area (Å²) < 4.78 is 2.86. The van der Waals surface area contributed by atoms with Gasteiger partial charge in [0.2, 0.25) is 5.91 Å². The Balaban J connectivity index is 1.48. The Morgan fingerprint density at radius 3 is 2.45 bits per heavy atom. The molecule has 2 amide bonds. The van der Waals surface area contributed by atoms with Crippen LogP contribution in [0.2, 0.25) is 0 Å². The summed E-state index contributed by atoms with van der Waals surface area (Å²) in [5.74, 6) is -0.724. The van der Waals surface area contributed by atoms with Gasteiger partial charge in [-0.25, -0.2) is 9.48 Å². The van der Waals surface area contributed by atoms with Crippen molar-refractivity contribution in [2.24, 2.45) is 5.92 Å². The zero-order valence-corrected chi connectivity index (χ0v) is 18.4. The number of carbonyl (C=O) groups is 2. The van der Waals surface area contributed by atoms with Crippen molar-refractivity contribution in [2.45, 2.75) is 26.4 Å². The van der Waals surface area contributed by atoms with E-state index < -0.39 is 6.04 Å². The van der Waals surface area contributed by atoms with Crippen LogP contribution in [0.4, 0.5) is 5.69 Å². The van der Waals surface area contributed by atoms with Crippen LogP contribution in [-0.4, -0.2) is 32.0 Å². The van der Waals surface area contributed by atoms with Gasteiger partial charge in [0.1, 0.15) is 6.04 Å². The van der Waals surface area contributed by atoms with Gasteiger partial charge in [-0.05, 0) is 47.9 Å². The molecule has 8 heteroatoms. The van der Waals surface area contributed by atoms with Crippen LogP contribution in [-0.2, 0) is 11.3 Å². The molecule has 0 radical (unpaired) electrons. The SMILES string of the molecule is CC(C)C(NC(=O)c1ccccc1)C(=O)Nc1cccc(Cn2nc3ccccn3c2=O)c1. The van der Waals surface area contributed by atoms with Crippen molar-refractivity contribution in [1.82, 2.24) is 19.5 Å². The lowest BCUT2D eigenvalue weighted by Crippen LogP contribution is -2.47. The molecule has 0 bridgehead atoms. The molecule has 2 aromatic carbocycles. The standard InChI is InChI=1S/C25H25N5O3/c1-17(2)22(27-23(31)19-10-4-3-5-11-19)24(32)26-20-12-8-9-18(15-20)16-30-25(33)29-14-7-6-13-21(29)28-30/h3-15,17,22H,16H2,1-2H3,(H,26,32)(H,27,31). The van der Waals surface area contributed by atoms with E-state index in [0.717, 1.165) is 5.56 Å². The maximum atomic E-state index is 13.0. The number of fused-ring (bicyclic) bond motifs is 1. The minimum absolute atomic E-state index is 0.114. The van der Waals surface area contributed by atoms with Crippen molar-refractivity contribution in [1.29, 1.82) is 0 Å². The quantitative estimate of drug-likeness (QED) is 0.459. The molecular weight excluding hydrogens is 418 g/mol. The highest BCUT2D eigenvalue weighted by atomic mass is 16.2. The second kappa shape index (κ2) is 9.52. The number of rotatable bonds is 7. The lowest BCUT2D eigenvalue weighted by Gasteiger charge is -2.22. The average molecular weight is 444 g/mol. The molecular formula is C25H25N5O3. The summed E-state index contributed by atoms with van der Waals surface area (Å²) >= 11 is 0. The summed E-state index contributed by atoms with van der Waals surface area (Å²) in [6, 6.07) is 20.7. The molecule has 0 fully saturated rings. The van der Waals surface area contributed by atoms with E-state index in [0.29, 0.717) is 16.9 Å². The Hall–Kier alpha value is -4.20. The van der Waals surface area contributed by atoms with Crippen molar-refractivity contribution < 1.29 is 9.59 Å². The van der Waals surface area contributed by atoms with E-state index in [9.17, 15) is 14.4 Å². The normalized spacial score (nSPS) is 12.0. The molecule has 1 unspecified atom stereocenters. The van der Waals surface area contributed by atoms with Gasteiger partial charge < -0.3 is 10.6 Å². The molecule has 4 rings (SSSR count). The molecule has 2 N–H and O–H groups in total. The van der Waals surface area contributed by atoms with Gasteiger partial charge in [0, 0.05) is 17.4 Å². The second-order valence-electron chi connectivity index (χ2n) is 8.12. The number of amides is 2. The maximum Gasteiger partial charge on any atom is 0.350 e. The first-order valence-electron chi connectivity index (χ1n) is 10.7. The molecule has 8 nitrogen and oxygen atoms in total. The van der Waals surface area contributed by atoms with Crippen molar-refractivity contribution in [3.05, 3.63) is 101 Å². The molecule has 1 atom stereocenters. The number of anilines is 1. The zero-order valence-electron chi connectivity index (χ0n) is 18.4. The highest BCUT2D eigenvalue weighted by molar-refractivity contribution is 6.01. The number of nitrogens with zero attached hydrogens (tertiary/aromatic N) is 3. The highest BCUT2D eigenvalue weighted by Crippen LogP contribution is 2.14. The summed E-state index contributed by atoms with van der Waals surface area (Å²) in [4.78, 5) is 38.0. The van der Waals surface area contributed by atoms with Crippen LogP contribution in [0, 0.1) is 5.92 Å². The third kappa shape index (κ3) is 5.01. The third-order valence-corrected chi connectivity index (χ3v) is 5.29. The van der Waals surface area contributed by atoms with Gasteiger partial charge in [-0.1, -0.05) is 50.2 Å². The molecule has 0 aliphatic carbocycles. The smallest absolute Gasteiger partial charge is 0.340 e. The van der Waals surface area contributed by atoms with Gasteiger partial charge in [-0.2, -0.15) is 0 Å². The largest absolute Gasteiger partial charge is 0.350 e. The van der Waals surface area contributed by atoms with Crippen LogP contribution in [0.1, 0.15) is 29.8 Å². The molecule has 168 valence electrons. The third-order valence-electron chi connectivity index (χ3n) is 5.29. The summed E-state index contributed by atoms with van der Waals surface area (Å²) in [5.41, 5.74) is 2.22. The van der Waals surface area contributed by atoms with E-state index in [1.165, 1.54) is 9.08 Å². The van der Waals surface area contributed by atoms with Crippen molar-refractivity contribution >= 4 is 23.1 Å². The van der Waals surface area contributed by atoms with Gasteiger partial charge in [-0.15, -0.1) is 5.10 Å². The number of nitrogens with one attached hydrogen (secondary N) is 2. The molecule has 0 saturated carbocycles. The van der Waals surface area contributed by atoms with Gasteiger partial charge in [0.25, 0.3) is 5.91 Å². The number of hydrogen-bond acceptors (Lipinski definition) is 4. The van der Waals surface area contributed by atoms with Crippen LogP contribution < -0.4 is 16.3 Å². The number of hydrogen-bond donors (Lipinski definition) is 2. The van der Waals surface area contributed by atoms with Crippen LogP contribution in [0.5, 0.6) is 0 Å². The average Bonchev–Trinajstić information content (AvgIpc) is 3.13. The van der Waals surface area contributed by atoms with Crippen molar-refractivity contribution in [2.75, 3.05) is 5.32 Å². The van der Waals surface area contributed by atoms with E-state index >= 15 is 0 Å². The maximum absolute atomic E-state index is 13.0. The monoisotopic (exact) mass is 443 g/mol. The van der Waals surface area contributed by atoms with E-state index in [4.69, 9.17) is 0 Å². The topological polar surface area (TPSA) is 97.5 Å². The summed E-state index contributed by atoms with van der Waals surface area (Å²) in [6.07, 6.45) is 1.67. The Kier molecular flexibility index (Phi) is 6.35. The van der Waals surface area contributed by atoms with Gasteiger partial charge in [0.05, 0.1) is 6.54 Å². The molecule has 0 spiro atoms. The first kappa shape index (κ1) is 22.0. The van der Waals surface area contributed by atoms with Crippen LogP contribution in [0.15, 0.2) is 83.8 Å². The predicted molar refractivity (Wildman–Crippen MR) is 126 cm³/mol. The number of carbonyl (C=O) groups excluding carboxylic acids is 2. The Labute approximate surface area is 190 Å². The first-order valence-corrected chi connectivity index (χ1v) is 10.7. The Bertz CT molecular complexity index is 1340. The lowest BCUT2D eigenvalue weighted by atomic mass is 10.0. The Morgan fingerprint density at radius 2 is 1.73 bits per heavy atom. The van der Waals surface area contributed by atoms with Gasteiger partial charge >= 0.3 is 5.69 Å². The summed E-state index contributed by atoms with van der Waals surface area (Å²) in [7, 11) is 0. The van der Waals surface area contributed by atoms with E-state index in [1.807, 2.05) is 32.0 Å². The number of benzene rings is 2. The molecule has 0 aliphatic rings. The molecule has 0 saturated heterocycles. The minimum Gasteiger partial charge on any atom is -0.340 e. The summed E-state index contributed by atoms with van der Waals surface area (Å²) in [5, 5.41) is 10.0. The van der Waals surface area contributed by atoms with Gasteiger partial charge in [-0.3, -0.25) is 14.0 Å². The molecule has 2 heterocycles. The second-order valence-corrected chi connectivity index (χ2v) is 8.12. The number of aromatic nitrogens is 3. The molecule has 4 aromatic rings. The first-order chi connectivity index (χ1) is 15.9. The van der Waals surface area contributed by atoms with E-state index in [1.54, 1.807) is 60.8 Å². The van der Waals surface area contributed by atoms with Gasteiger partial charge in [0.15, 0.2) is 5.65 Å². The van der Waals surface area contributed by atoms with Crippen LogP contribution >= 0.6 is 0 Å². The zero-order chi connectivity index (χ0) is 23.4. The van der Waals surface area contributed by atoms with Crippen LogP contribution in [0.25, 0.3) is 5.65 Å². The molecule has 33 heavy (non-hydrogen) atoms. The summed E-state index contributed by atoms with van der Waals surface area (Å²) in [6.45, 7) is 4.02. The highest BCUT2D eigenvalue weighted by Gasteiger charge is 2.25. The van der Waals surface area contributed by atoms with Crippen LogP contribution in [0.3, 0.4) is 0 Å². The fraction of sp³-hybridized carbons (Fsp3) is 0.200. The van der Waals surface area contributed by atoms with Crippen molar-refractivity contribution in [3.8, 4) is 0 Å². The Morgan fingerprint density at radius 1 is 0.970 bits per heavy atom. The van der Waals surface area contributed by atoms with E-state index in [2.05, 4.69) is 15.7 Å². The fourth-order valence-electron chi connectivity index (χ4n) is 3.56. The minimum atomic E-state index is -0.706. The molecule has 0 aliphatic heterocycles. The van der Waals surface area contributed by atoms with Crippen molar-refractivity contribution in [3.63, 3.8) is 0 Å². The number of pyridine rings is 1. The fourth-order valence-corrected chi connectivity index (χ4v) is 3.56.